The van der Waals surface area contributed by atoms with E-state index in [1.807, 2.05) is 13.0 Å². The molecule has 1 aromatic heterocycles. The topological polar surface area (TPSA) is 89.6 Å². The van der Waals surface area contributed by atoms with Gasteiger partial charge >= 0.3 is 0 Å². The first-order valence-electron chi connectivity index (χ1n) is 6.76. The lowest BCUT2D eigenvalue weighted by Gasteiger charge is -2.15. The van der Waals surface area contributed by atoms with Gasteiger partial charge < -0.3 is 14.4 Å². The fraction of sp³-hybridized carbons (Fsp3) is 0.400. The maximum absolute atomic E-state index is 12.2. The minimum atomic E-state index is -3.53. The van der Waals surface area contributed by atoms with Gasteiger partial charge in [0.15, 0.2) is 9.84 Å². The second-order valence-electron chi connectivity index (χ2n) is 5.24. The van der Waals surface area contributed by atoms with E-state index in [0.717, 1.165) is 5.56 Å². The molecule has 7 heteroatoms. The summed E-state index contributed by atoms with van der Waals surface area (Å²) in [6.45, 7) is 3.55. The number of aromatic nitrogens is 1. The molecular formula is C15H19NO5S. The highest BCUT2D eigenvalue weighted by atomic mass is 32.2. The number of rotatable bonds is 6. The molecule has 0 radical (unpaired) electrons. The van der Waals surface area contributed by atoms with E-state index in [4.69, 9.17) is 9.26 Å². The number of methoxy groups -OCH3 is 1. The Balaban J connectivity index is 2.17. The van der Waals surface area contributed by atoms with E-state index >= 15 is 0 Å². The van der Waals surface area contributed by atoms with Gasteiger partial charge in [-0.15, -0.1) is 0 Å². The Bertz CT molecular complexity index is 751. The molecule has 6 nitrogen and oxygen atoms in total. The van der Waals surface area contributed by atoms with Gasteiger partial charge in [-0.2, -0.15) is 0 Å². The van der Waals surface area contributed by atoms with Crippen molar-refractivity contribution >= 4 is 9.84 Å². The van der Waals surface area contributed by atoms with Crippen molar-refractivity contribution in [1.29, 1.82) is 0 Å². The van der Waals surface area contributed by atoms with Gasteiger partial charge in [0.2, 0.25) is 0 Å². The van der Waals surface area contributed by atoms with Crippen molar-refractivity contribution in [3.05, 3.63) is 46.8 Å². The summed E-state index contributed by atoms with van der Waals surface area (Å²) in [6, 6.07) is 6.83. The Kier molecular flexibility index (Phi) is 4.87. The van der Waals surface area contributed by atoms with Crippen LogP contribution in [-0.4, -0.2) is 31.5 Å². The van der Waals surface area contributed by atoms with E-state index in [1.165, 1.54) is 7.11 Å². The Morgan fingerprint density at radius 2 is 2.05 bits per heavy atom. The Morgan fingerprint density at radius 1 is 1.32 bits per heavy atom. The molecule has 1 N–H and O–H groups in total. The molecule has 0 aliphatic heterocycles. The molecule has 0 saturated heterocycles. The van der Waals surface area contributed by atoms with Gasteiger partial charge in [0.05, 0.1) is 30.4 Å². The minimum Gasteiger partial charge on any atom is -0.496 e. The number of hydrogen-bond donors (Lipinski definition) is 1. The molecule has 0 unspecified atom stereocenters. The highest BCUT2D eigenvalue weighted by Gasteiger charge is 2.23. The first-order valence-corrected chi connectivity index (χ1v) is 8.58. The normalized spacial score (nSPS) is 13.1. The van der Waals surface area contributed by atoms with Gasteiger partial charge in [-0.05, 0) is 26.0 Å². The number of ether oxygens (including phenoxy) is 1. The molecule has 0 fully saturated rings. The number of benzene rings is 1. The molecule has 0 saturated carbocycles. The van der Waals surface area contributed by atoms with Crippen molar-refractivity contribution in [2.75, 3.05) is 12.9 Å². The number of aryl methyl sites for hydroxylation is 2. The summed E-state index contributed by atoms with van der Waals surface area (Å²) < 4.78 is 34.4. The highest BCUT2D eigenvalue weighted by molar-refractivity contribution is 7.90. The maximum Gasteiger partial charge on any atom is 0.159 e. The highest BCUT2D eigenvalue weighted by Crippen LogP contribution is 2.27. The zero-order valence-electron chi connectivity index (χ0n) is 12.7. The SMILES string of the molecule is COc1ccc(C)cc1[C@H](O)CS(=O)(=O)Cc1cc(C)on1. The predicted molar refractivity (Wildman–Crippen MR) is 81.4 cm³/mol. The summed E-state index contributed by atoms with van der Waals surface area (Å²) in [6.07, 6.45) is -1.16. The lowest BCUT2D eigenvalue weighted by Crippen LogP contribution is -2.17. The summed E-state index contributed by atoms with van der Waals surface area (Å²) in [5, 5.41) is 13.9. The fourth-order valence-corrected chi connectivity index (χ4v) is 3.58. The largest absolute Gasteiger partial charge is 0.496 e. The van der Waals surface area contributed by atoms with Crippen molar-refractivity contribution in [1.82, 2.24) is 5.16 Å². The summed E-state index contributed by atoms with van der Waals surface area (Å²) in [7, 11) is -2.05. The third-order valence-electron chi connectivity index (χ3n) is 3.20. The van der Waals surface area contributed by atoms with Gasteiger partial charge in [0.25, 0.3) is 0 Å². The average Bonchev–Trinajstić information content (AvgIpc) is 2.82. The second kappa shape index (κ2) is 6.50. The third-order valence-corrected chi connectivity index (χ3v) is 4.76. The Hall–Kier alpha value is -1.86. The molecule has 2 aromatic rings. The van der Waals surface area contributed by atoms with Crippen LogP contribution in [0.5, 0.6) is 5.75 Å². The molecule has 22 heavy (non-hydrogen) atoms. The maximum atomic E-state index is 12.2. The van der Waals surface area contributed by atoms with Crippen molar-refractivity contribution in [3.63, 3.8) is 0 Å². The molecule has 0 bridgehead atoms. The lowest BCUT2D eigenvalue weighted by atomic mass is 10.1. The van der Waals surface area contributed by atoms with Crippen LogP contribution < -0.4 is 4.74 Å². The zero-order valence-corrected chi connectivity index (χ0v) is 13.6. The van der Waals surface area contributed by atoms with Crippen molar-refractivity contribution in [2.45, 2.75) is 25.7 Å². The molecule has 0 amide bonds. The lowest BCUT2D eigenvalue weighted by molar-refractivity contribution is 0.196. The molecule has 0 aliphatic carbocycles. The summed E-state index contributed by atoms with van der Waals surface area (Å²) >= 11 is 0. The van der Waals surface area contributed by atoms with Crippen molar-refractivity contribution in [3.8, 4) is 5.75 Å². The molecule has 1 heterocycles. The van der Waals surface area contributed by atoms with Crippen LogP contribution in [0.4, 0.5) is 0 Å². The molecular weight excluding hydrogens is 306 g/mol. The minimum absolute atomic E-state index is 0.268. The Morgan fingerprint density at radius 3 is 2.64 bits per heavy atom. The van der Waals surface area contributed by atoms with Crippen LogP contribution in [0.15, 0.2) is 28.8 Å². The standard InChI is InChI=1S/C15H19NO5S/c1-10-4-5-15(20-3)13(6-10)14(17)9-22(18,19)8-12-7-11(2)21-16-12/h4-7,14,17H,8-9H2,1-3H3/t14-/m1/s1. The van der Waals surface area contributed by atoms with Crippen LogP contribution in [0, 0.1) is 13.8 Å². The molecule has 2 rings (SSSR count). The van der Waals surface area contributed by atoms with E-state index < -0.39 is 21.7 Å². The van der Waals surface area contributed by atoms with E-state index in [-0.39, 0.29) is 5.75 Å². The number of nitrogens with zero attached hydrogens (tertiary/aromatic N) is 1. The first-order chi connectivity index (χ1) is 10.3. The van der Waals surface area contributed by atoms with Gasteiger partial charge in [-0.3, -0.25) is 0 Å². The summed E-state index contributed by atoms with van der Waals surface area (Å²) in [5.41, 5.74) is 1.71. The van der Waals surface area contributed by atoms with Gasteiger partial charge in [-0.25, -0.2) is 8.42 Å². The zero-order chi connectivity index (χ0) is 16.3. The van der Waals surface area contributed by atoms with Crippen LogP contribution in [0.25, 0.3) is 0 Å². The number of aliphatic hydroxyl groups is 1. The number of sulfone groups is 1. The quantitative estimate of drug-likeness (QED) is 0.873. The van der Waals surface area contributed by atoms with E-state index in [1.54, 1.807) is 25.1 Å². The van der Waals surface area contributed by atoms with Crippen molar-refractivity contribution in [2.24, 2.45) is 0 Å². The molecule has 120 valence electrons. The van der Waals surface area contributed by atoms with Crippen LogP contribution in [0.2, 0.25) is 0 Å². The third kappa shape index (κ3) is 4.08. The molecule has 0 aliphatic rings. The molecule has 1 aromatic carbocycles. The van der Waals surface area contributed by atoms with Crippen LogP contribution in [0.1, 0.15) is 28.7 Å². The van der Waals surface area contributed by atoms with Gasteiger partial charge in [0, 0.05) is 11.6 Å². The predicted octanol–water partition coefficient (Wildman–Crippen LogP) is 1.95. The molecule has 0 spiro atoms. The van der Waals surface area contributed by atoms with Crippen LogP contribution >= 0.6 is 0 Å². The average molecular weight is 325 g/mol. The van der Waals surface area contributed by atoms with Gasteiger partial charge in [-0.1, -0.05) is 16.8 Å². The first kappa shape index (κ1) is 16.5. The monoisotopic (exact) mass is 325 g/mol. The Labute approximate surface area is 129 Å². The smallest absolute Gasteiger partial charge is 0.159 e. The van der Waals surface area contributed by atoms with E-state index in [0.29, 0.717) is 22.8 Å². The second-order valence-corrected chi connectivity index (χ2v) is 7.35. The fourth-order valence-electron chi connectivity index (χ4n) is 2.21. The summed E-state index contributed by atoms with van der Waals surface area (Å²) in [4.78, 5) is 0. The number of aliphatic hydroxyl groups excluding tert-OH is 1. The molecule has 1 atom stereocenters. The van der Waals surface area contributed by atoms with E-state index in [2.05, 4.69) is 5.16 Å². The van der Waals surface area contributed by atoms with Crippen molar-refractivity contribution < 1.29 is 22.8 Å². The van der Waals surface area contributed by atoms with Gasteiger partial charge in [0.1, 0.15) is 11.5 Å². The van der Waals surface area contributed by atoms with Crippen LogP contribution in [-0.2, 0) is 15.6 Å². The number of hydrogen-bond acceptors (Lipinski definition) is 6. The summed E-state index contributed by atoms with van der Waals surface area (Å²) in [5.74, 6) is 0.338. The van der Waals surface area contributed by atoms with Crippen LogP contribution in [0.3, 0.4) is 0 Å². The van der Waals surface area contributed by atoms with E-state index in [9.17, 15) is 13.5 Å².